The third kappa shape index (κ3) is 7.71. The molecule has 10 heteroatoms. The number of esters is 1. The van der Waals surface area contributed by atoms with Gasteiger partial charge in [-0.25, -0.2) is 4.79 Å². The Balaban J connectivity index is 1.09. The number of nitrogens with one attached hydrogen (secondary N) is 1. The minimum Gasteiger partial charge on any atom is -0.465 e. The SMILES string of the molecule is CCOC(=O)CN1CCN(C(=O)NC2(c3cccnc3)CCN(CCC3(c4ccccc4)CCN(C(=O)c4ccccc4)C3)CC2)CC1. The molecular formula is C38H48N6O4. The minimum absolute atomic E-state index is 0.0692. The number of rotatable bonds is 10. The van der Waals surface area contributed by atoms with E-state index in [1.165, 1.54) is 5.56 Å². The van der Waals surface area contributed by atoms with E-state index >= 15 is 0 Å². The summed E-state index contributed by atoms with van der Waals surface area (Å²) in [6.07, 6.45) is 7.11. The van der Waals surface area contributed by atoms with Crippen LogP contribution in [0.15, 0.2) is 85.2 Å². The van der Waals surface area contributed by atoms with Gasteiger partial charge in [0.05, 0.1) is 18.7 Å². The number of carbonyl (C=O) groups excluding carboxylic acids is 3. The summed E-state index contributed by atoms with van der Waals surface area (Å²) in [6.45, 7) is 8.90. The van der Waals surface area contributed by atoms with Crippen LogP contribution in [0.5, 0.6) is 0 Å². The highest BCUT2D eigenvalue weighted by molar-refractivity contribution is 5.94. The highest BCUT2D eigenvalue weighted by Crippen LogP contribution is 2.40. The number of nitrogens with zero attached hydrogens (tertiary/aromatic N) is 5. The maximum Gasteiger partial charge on any atom is 0.320 e. The first kappa shape index (κ1) is 33.6. The molecule has 0 aliphatic carbocycles. The Hall–Kier alpha value is -4.28. The fourth-order valence-electron chi connectivity index (χ4n) is 7.63. The summed E-state index contributed by atoms with van der Waals surface area (Å²) in [7, 11) is 0. The number of hydrogen-bond acceptors (Lipinski definition) is 7. The number of likely N-dealkylation sites (tertiary alicyclic amines) is 2. The van der Waals surface area contributed by atoms with Crippen molar-refractivity contribution in [2.24, 2.45) is 0 Å². The molecule has 0 spiro atoms. The first-order valence-electron chi connectivity index (χ1n) is 17.4. The summed E-state index contributed by atoms with van der Waals surface area (Å²) in [5, 5.41) is 3.45. The van der Waals surface area contributed by atoms with Gasteiger partial charge in [0.15, 0.2) is 0 Å². The fourth-order valence-corrected chi connectivity index (χ4v) is 7.63. The zero-order valence-corrected chi connectivity index (χ0v) is 28.1. The molecule has 3 aliphatic heterocycles. The van der Waals surface area contributed by atoms with Crippen LogP contribution in [0.25, 0.3) is 0 Å². The zero-order valence-electron chi connectivity index (χ0n) is 28.1. The van der Waals surface area contributed by atoms with Crippen molar-refractivity contribution in [3.63, 3.8) is 0 Å². The smallest absolute Gasteiger partial charge is 0.320 e. The average Bonchev–Trinajstić information content (AvgIpc) is 3.58. The molecule has 1 unspecified atom stereocenters. The average molecular weight is 653 g/mol. The molecule has 1 atom stereocenters. The monoisotopic (exact) mass is 652 g/mol. The van der Waals surface area contributed by atoms with Crippen LogP contribution in [0.3, 0.4) is 0 Å². The van der Waals surface area contributed by atoms with Crippen LogP contribution in [-0.4, -0.2) is 115 Å². The number of carbonyl (C=O) groups is 3. The largest absolute Gasteiger partial charge is 0.465 e. The number of amides is 3. The molecule has 1 aromatic heterocycles. The third-order valence-electron chi connectivity index (χ3n) is 10.5. The molecule has 3 aromatic rings. The summed E-state index contributed by atoms with van der Waals surface area (Å²) < 4.78 is 5.10. The molecule has 6 rings (SSSR count). The highest BCUT2D eigenvalue weighted by atomic mass is 16.5. The van der Waals surface area contributed by atoms with E-state index in [1.807, 2.05) is 64.2 Å². The maximum atomic E-state index is 13.7. The molecule has 0 radical (unpaired) electrons. The van der Waals surface area contributed by atoms with Crippen molar-refractivity contribution in [3.05, 3.63) is 102 Å². The Bertz CT molecular complexity index is 1510. The van der Waals surface area contributed by atoms with E-state index < -0.39 is 5.54 Å². The van der Waals surface area contributed by atoms with Gasteiger partial charge in [0, 0.05) is 75.7 Å². The van der Waals surface area contributed by atoms with Crippen molar-refractivity contribution in [2.45, 2.75) is 43.6 Å². The van der Waals surface area contributed by atoms with E-state index in [1.54, 1.807) is 6.20 Å². The van der Waals surface area contributed by atoms with Crippen molar-refractivity contribution >= 4 is 17.9 Å². The summed E-state index contributed by atoms with van der Waals surface area (Å²) in [5.74, 6) is -0.123. The molecule has 2 aromatic carbocycles. The molecule has 254 valence electrons. The molecule has 3 amide bonds. The normalized spacial score (nSPS) is 21.5. The predicted octanol–water partition coefficient (Wildman–Crippen LogP) is 4.14. The summed E-state index contributed by atoms with van der Waals surface area (Å²) >= 11 is 0. The molecule has 4 heterocycles. The number of pyridine rings is 1. The first-order valence-corrected chi connectivity index (χ1v) is 17.4. The number of benzene rings is 2. The Morgan fingerprint density at radius 1 is 0.771 bits per heavy atom. The van der Waals surface area contributed by atoms with Gasteiger partial charge in [-0.3, -0.25) is 19.5 Å². The lowest BCUT2D eigenvalue weighted by molar-refractivity contribution is -0.144. The van der Waals surface area contributed by atoms with Crippen LogP contribution < -0.4 is 5.32 Å². The van der Waals surface area contributed by atoms with Gasteiger partial charge in [-0.15, -0.1) is 0 Å². The standard InChI is InChI=1S/C38H48N6O4/c1-2-48-34(45)29-42-24-26-43(27-25-42)36(47)40-38(33-14-9-19-39-28-33)17-21-41(22-18-38)20-15-37(32-12-7-4-8-13-32)16-23-44(30-37)35(46)31-10-5-3-6-11-31/h3-14,19,28H,2,15-18,20-27,29-30H2,1H3,(H,40,47). The second kappa shape index (κ2) is 15.3. The first-order chi connectivity index (χ1) is 23.4. The lowest BCUT2D eigenvalue weighted by Gasteiger charge is -2.45. The number of ether oxygens (including phenoxy) is 1. The van der Waals surface area contributed by atoms with E-state index in [0.717, 1.165) is 63.0 Å². The van der Waals surface area contributed by atoms with Gasteiger partial charge in [0.1, 0.15) is 0 Å². The molecule has 3 fully saturated rings. The minimum atomic E-state index is -0.507. The van der Waals surface area contributed by atoms with Gasteiger partial charge in [-0.1, -0.05) is 54.6 Å². The highest BCUT2D eigenvalue weighted by Gasteiger charge is 2.43. The van der Waals surface area contributed by atoms with Crippen molar-refractivity contribution in [1.29, 1.82) is 0 Å². The van der Waals surface area contributed by atoms with Gasteiger partial charge < -0.3 is 24.8 Å². The van der Waals surface area contributed by atoms with Crippen molar-refractivity contribution in [3.8, 4) is 0 Å². The predicted molar refractivity (Wildman–Crippen MR) is 184 cm³/mol. The molecule has 1 N–H and O–H groups in total. The summed E-state index contributed by atoms with van der Waals surface area (Å²) in [5.41, 5.74) is 2.46. The second-order valence-corrected chi connectivity index (χ2v) is 13.4. The van der Waals surface area contributed by atoms with E-state index in [9.17, 15) is 14.4 Å². The molecular weight excluding hydrogens is 604 g/mol. The molecule has 48 heavy (non-hydrogen) atoms. The Kier molecular flexibility index (Phi) is 10.7. The van der Waals surface area contributed by atoms with Crippen LogP contribution in [0.1, 0.15) is 54.1 Å². The van der Waals surface area contributed by atoms with Crippen molar-refractivity contribution in [2.75, 3.05) is 72.1 Å². The lowest BCUT2D eigenvalue weighted by atomic mass is 9.76. The number of piperidine rings is 1. The summed E-state index contributed by atoms with van der Waals surface area (Å²) in [6, 6.07) is 24.2. The van der Waals surface area contributed by atoms with Gasteiger partial charge in [0.25, 0.3) is 5.91 Å². The van der Waals surface area contributed by atoms with Crippen LogP contribution in [0.2, 0.25) is 0 Å². The van der Waals surface area contributed by atoms with E-state index in [2.05, 4.69) is 51.6 Å². The van der Waals surface area contributed by atoms with E-state index in [4.69, 9.17) is 4.74 Å². The molecule has 3 aliphatic rings. The second-order valence-electron chi connectivity index (χ2n) is 13.4. The van der Waals surface area contributed by atoms with Gasteiger partial charge >= 0.3 is 12.0 Å². The van der Waals surface area contributed by atoms with Gasteiger partial charge in [0.2, 0.25) is 0 Å². The lowest BCUT2D eigenvalue weighted by Crippen LogP contribution is -2.59. The molecule has 10 nitrogen and oxygen atoms in total. The Morgan fingerprint density at radius 2 is 1.46 bits per heavy atom. The van der Waals surface area contributed by atoms with E-state index in [-0.39, 0.29) is 29.9 Å². The molecule has 3 saturated heterocycles. The van der Waals surface area contributed by atoms with E-state index in [0.29, 0.717) is 39.3 Å². The van der Waals surface area contributed by atoms with Gasteiger partial charge in [-0.2, -0.15) is 0 Å². The fraction of sp³-hybridized carbons (Fsp3) is 0.474. The van der Waals surface area contributed by atoms with Crippen LogP contribution in [0, 0.1) is 0 Å². The van der Waals surface area contributed by atoms with Gasteiger partial charge in [-0.05, 0) is 68.5 Å². The molecule has 0 bridgehead atoms. The number of aromatic nitrogens is 1. The van der Waals surface area contributed by atoms with Crippen LogP contribution in [0.4, 0.5) is 4.79 Å². The maximum absolute atomic E-state index is 13.7. The summed E-state index contributed by atoms with van der Waals surface area (Å²) in [4.78, 5) is 51.9. The van der Waals surface area contributed by atoms with Crippen LogP contribution in [-0.2, 0) is 20.5 Å². The number of urea groups is 1. The quantitative estimate of drug-likeness (QED) is 0.329. The topological polar surface area (TPSA) is 98.3 Å². The molecule has 0 saturated carbocycles. The third-order valence-corrected chi connectivity index (χ3v) is 10.5. The number of hydrogen-bond donors (Lipinski definition) is 1. The van der Waals surface area contributed by atoms with Crippen LogP contribution >= 0.6 is 0 Å². The number of piperazine rings is 1. The Morgan fingerprint density at radius 3 is 2.12 bits per heavy atom. The Labute approximate surface area is 284 Å². The van der Waals surface area contributed by atoms with Crippen molar-refractivity contribution in [1.82, 2.24) is 29.9 Å². The zero-order chi connectivity index (χ0) is 33.4. The van der Waals surface area contributed by atoms with Crippen molar-refractivity contribution < 1.29 is 19.1 Å².